The Hall–Kier alpha value is -1.10. The number of nitrogens with zero attached hydrogens (tertiary/aromatic N) is 1. The van der Waals surface area contributed by atoms with Crippen LogP contribution in [0, 0.1) is 11.3 Å². The highest BCUT2D eigenvalue weighted by atomic mass is 16.2. The molecule has 0 aliphatic carbocycles. The van der Waals surface area contributed by atoms with Gasteiger partial charge in [-0.3, -0.25) is 9.59 Å². The van der Waals surface area contributed by atoms with E-state index in [1.54, 1.807) is 0 Å². The van der Waals surface area contributed by atoms with Crippen LogP contribution in [0.15, 0.2) is 0 Å². The smallest absolute Gasteiger partial charge is 0.225 e. The molecule has 0 atom stereocenters. The largest absolute Gasteiger partial charge is 0.356 e. The monoisotopic (exact) mass is 311 g/mol. The number of piperidine rings is 1. The quantitative estimate of drug-likeness (QED) is 0.705. The lowest BCUT2D eigenvalue weighted by molar-refractivity contribution is -0.133. The van der Waals surface area contributed by atoms with E-state index in [1.165, 1.54) is 0 Å². The van der Waals surface area contributed by atoms with Gasteiger partial charge in [-0.15, -0.1) is 0 Å². The molecule has 5 nitrogen and oxygen atoms in total. The van der Waals surface area contributed by atoms with Crippen LogP contribution in [0.5, 0.6) is 0 Å². The number of rotatable bonds is 7. The van der Waals surface area contributed by atoms with Crippen molar-refractivity contribution in [3.63, 3.8) is 0 Å². The predicted molar refractivity (Wildman–Crippen MR) is 89.5 cm³/mol. The summed E-state index contributed by atoms with van der Waals surface area (Å²) in [6.45, 7) is 12.2. The van der Waals surface area contributed by atoms with Crippen LogP contribution in [-0.2, 0) is 9.59 Å². The van der Waals surface area contributed by atoms with E-state index >= 15 is 0 Å². The zero-order valence-corrected chi connectivity index (χ0v) is 14.7. The molecule has 0 aromatic heterocycles. The van der Waals surface area contributed by atoms with Crippen LogP contribution in [-0.4, -0.2) is 49.4 Å². The molecule has 1 heterocycles. The highest BCUT2D eigenvalue weighted by Crippen LogP contribution is 2.17. The maximum absolute atomic E-state index is 12.2. The molecule has 0 unspecified atom stereocenters. The van der Waals surface area contributed by atoms with E-state index in [2.05, 4.69) is 17.6 Å². The molecule has 1 fully saturated rings. The van der Waals surface area contributed by atoms with Crippen LogP contribution in [0.3, 0.4) is 0 Å². The van der Waals surface area contributed by atoms with E-state index in [-0.39, 0.29) is 17.2 Å². The van der Waals surface area contributed by atoms with Gasteiger partial charge in [0.1, 0.15) is 0 Å². The molecular weight excluding hydrogens is 278 g/mol. The zero-order chi connectivity index (χ0) is 16.6. The Kier molecular flexibility index (Phi) is 7.87. The van der Waals surface area contributed by atoms with Gasteiger partial charge in [0.25, 0.3) is 0 Å². The van der Waals surface area contributed by atoms with Crippen molar-refractivity contribution in [1.82, 2.24) is 15.5 Å². The third-order valence-electron chi connectivity index (χ3n) is 4.18. The predicted octanol–water partition coefficient (Wildman–Crippen LogP) is 1.78. The third kappa shape index (κ3) is 6.77. The maximum atomic E-state index is 12.2. The fourth-order valence-electron chi connectivity index (χ4n) is 2.60. The first kappa shape index (κ1) is 18.9. The van der Waals surface area contributed by atoms with Crippen molar-refractivity contribution in [3.05, 3.63) is 0 Å². The Morgan fingerprint density at radius 1 is 1.18 bits per heavy atom. The van der Waals surface area contributed by atoms with E-state index < -0.39 is 0 Å². The lowest BCUT2D eigenvalue weighted by Gasteiger charge is -2.32. The van der Waals surface area contributed by atoms with Gasteiger partial charge in [0.05, 0.1) is 0 Å². The maximum Gasteiger partial charge on any atom is 0.225 e. The van der Waals surface area contributed by atoms with Crippen LogP contribution >= 0.6 is 0 Å². The van der Waals surface area contributed by atoms with Gasteiger partial charge in [-0.1, -0.05) is 27.7 Å². The molecule has 1 aliphatic heterocycles. The minimum atomic E-state index is -0.363. The summed E-state index contributed by atoms with van der Waals surface area (Å²) >= 11 is 0. The summed E-state index contributed by atoms with van der Waals surface area (Å²) < 4.78 is 0. The molecule has 1 saturated heterocycles. The number of likely N-dealkylation sites (tertiary alicyclic amines) is 1. The highest BCUT2D eigenvalue weighted by Gasteiger charge is 2.23. The Bertz CT molecular complexity index is 355. The number of carbonyl (C=O) groups is 2. The number of nitrogens with one attached hydrogen (secondary N) is 2. The Balaban J connectivity index is 2.15. The Morgan fingerprint density at radius 3 is 2.36 bits per heavy atom. The van der Waals surface area contributed by atoms with Crippen LogP contribution in [0.2, 0.25) is 0 Å². The molecule has 5 heteroatoms. The van der Waals surface area contributed by atoms with Crippen molar-refractivity contribution >= 4 is 11.8 Å². The first-order valence-electron chi connectivity index (χ1n) is 8.61. The van der Waals surface area contributed by atoms with Crippen molar-refractivity contribution in [2.24, 2.45) is 11.3 Å². The fraction of sp³-hybridized carbons (Fsp3) is 0.882. The topological polar surface area (TPSA) is 61.4 Å². The van der Waals surface area contributed by atoms with Gasteiger partial charge in [0.15, 0.2) is 0 Å². The summed E-state index contributed by atoms with van der Waals surface area (Å²) in [6.07, 6.45) is 3.44. The van der Waals surface area contributed by atoms with E-state index in [1.807, 2.05) is 25.7 Å². The molecule has 2 amide bonds. The minimum absolute atomic E-state index is 0.0455. The number of amides is 2. The van der Waals surface area contributed by atoms with Gasteiger partial charge >= 0.3 is 0 Å². The van der Waals surface area contributed by atoms with Crippen molar-refractivity contribution in [1.29, 1.82) is 0 Å². The second kappa shape index (κ2) is 9.13. The van der Waals surface area contributed by atoms with Crippen molar-refractivity contribution in [3.8, 4) is 0 Å². The number of hydrogen-bond acceptors (Lipinski definition) is 3. The Morgan fingerprint density at radius 2 is 1.82 bits per heavy atom. The van der Waals surface area contributed by atoms with Crippen LogP contribution in [0.1, 0.15) is 53.4 Å². The van der Waals surface area contributed by atoms with Crippen molar-refractivity contribution < 1.29 is 9.59 Å². The Labute approximate surface area is 135 Å². The molecule has 0 aromatic carbocycles. The van der Waals surface area contributed by atoms with E-state index in [4.69, 9.17) is 0 Å². The van der Waals surface area contributed by atoms with E-state index in [9.17, 15) is 9.59 Å². The summed E-state index contributed by atoms with van der Waals surface area (Å²) in [5.41, 5.74) is -0.363. The summed E-state index contributed by atoms with van der Waals surface area (Å²) in [5, 5.41) is 6.28. The fourth-order valence-corrected chi connectivity index (χ4v) is 2.60. The van der Waals surface area contributed by atoms with E-state index in [0.717, 1.165) is 45.4 Å². The summed E-state index contributed by atoms with van der Waals surface area (Å²) in [4.78, 5) is 25.9. The summed E-state index contributed by atoms with van der Waals surface area (Å²) in [5.74, 6) is 0.978. The SMILES string of the molecule is CCNCC1CCN(C(=O)CCCNC(=O)C(C)(C)C)CC1. The molecule has 0 spiro atoms. The lowest BCUT2D eigenvalue weighted by Crippen LogP contribution is -2.41. The van der Waals surface area contributed by atoms with Gasteiger partial charge in [-0.05, 0) is 38.3 Å². The van der Waals surface area contributed by atoms with Crippen molar-refractivity contribution in [2.75, 3.05) is 32.7 Å². The van der Waals surface area contributed by atoms with E-state index in [0.29, 0.717) is 18.9 Å². The second-order valence-electron chi connectivity index (χ2n) is 7.24. The normalized spacial score (nSPS) is 16.6. The summed E-state index contributed by atoms with van der Waals surface area (Å²) in [7, 11) is 0. The first-order valence-corrected chi connectivity index (χ1v) is 8.61. The molecule has 0 saturated carbocycles. The van der Waals surface area contributed by atoms with Gasteiger partial charge in [0.2, 0.25) is 11.8 Å². The van der Waals surface area contributed by atoms with Crippen LogP contribution < -0.4 is 10.6 Å². The lowest BCUT2D eigenvalue weighted by atomic mass is 9.95. The molecule has 2 N–H and O–H groups in total. The van der Waals surface area contributed by atoms with Gasteiger partial charge in [-0.25, -0.2) is 0 Å². The molecular formula is C17H33N3O2. The molecule has 0 aromatic rings. The third-order valence-corrected chi connectivity index (χ3v) is 4.18. The van der Waals surface area contributed by atoms with Gasteiger partial charge in [-0.2, -0.15) is 0 Å². The highest BCUT2D eigenvalue weighted by molar-refractivity contribution is 5.81. The molecule has 0 radical (unpaired) electrons. The minimum Gasteiger partial charge on any atom is -0.356 e. The molecule has 128 valence electrons. The van der Waals surface area contributed by atoms with Crippen molar-refractivity contribution in [2.45, 2.75) is 53.4 Å². The molecule has 22 heavy (non-hydrogen) atoms. The average Bonchev–Trinajstić information content (AvgIpc) is 2.48. The average molecular weight is 311 g/mol. The molecule has 1 aliphatic rings. The summed E-state index contributed by atoms with van der Waals surface area (Å²) in [6, 6.07) is 0. The second-order valence-corrected chi connectivity index (χ2v) is 7.24. The zero-order valence-electron chi connectivity index (χ0n) is 14.7. The first-order chi connectivity index (χ1) is 10.3. The van der Waals surface area contributed by atoms with Gasteiger partial charge < -0.3 is 15.5 Å². The standard InChI is InChI=1S/C17H33N3O2/c1-5-18-13-14-8-11-20(12-9-14)15(21)7-6-10-19-16(22)17(2,3)4/h14,18H,5-13H2,1-4H3,(H,19,22). The van der Waals surface area contributed by atoms with Crippen LogP contribution in [0.25, 0.3) is 0 Å². The van der Waals surface area contributed by atoms with Gasteiger partial charge in [0, 0.05) is 31.5 Å². The number of carbonyl (C=O) groups excluding carboxylic acids is 2. The molecule has 1 rings (SSSR count). The van der Waals surface area contributed by atoms with Crippen LogP contribution in [0.4, 0.5) is 0 Å². The molecule has 0 bridgehead atoms. The number of hydrogen-bond donors (Lipinski definition) is 2.